The Morgan fingerprint density at radius 1 is 0.440 bits per heavy atom. The minimum absolute atomic E-state index is 0. The van der Waals surface area contributed by atoms with Gasteiger partial charge in [-0.2, -0.15) is 0 Å². The second-order valence-corrected chi connectivity index (χ2v) is 4.48. The van der Waals surface area contributed by atoms with E-state index in [2.05, 4.69) is 19.6 Å². The Balaban J connectivity index is -0.000000372. The number of rotatable bonds is 14. The molecule has 0 aliphatic rings. The van der Waals surface area contributed by atoms with Gasteiger partial charge in [0.05, 0.1) is 26.4 Å². The third-order valence-corrected chi connectivity index (χ3v) is 2.05. The number of hydrogen-bond acceptors (Lipinski definition) is 12. The van der Waals surface area contributed by atoms with Crippen LogP contribution in [0.15, 0.2) is 0 Å². The predicted molar refractivity (Wildman–Crippen MR) is 79.8 cm³/mol. The summed E-state index contributed by atoms with van der Waals surface area (Å²) in [6.45, 7) is -2.33. The summed E-state index contributed by atoms with van der Waals surface area (Å²) in [5.74, 6) is 0. The highest BCUT2D eigenvalue weighted by atomic mass is 17.2. The van der Waals surface area contributed by atoms with Gasteiger partial charge < -0.3 is 46.3 Å². The molecular formula is C12H30O13. The standard InChI is InChI=1S/2C6H14O6.H2O/c2*7-1-5(9)3-11-12-4-6(10)2-8;/h2*5-10H,1-4H2;1H2. The van der Waals surface area contributed by atoms with Crippen LogP contribution in [0, 0.1) is 0 Å². The molecule has 0 aromatic rings. The van der Waals surface area contributed by atoms with Crippen LogP contribution in [0.1, 0.15) is 0 Å². The van der Waals surface area contributed by atoms with Crippen molar-refractivity contribution in [1.29, 1.82) is 0 Å². The molecule has 10 N–H and O–H groups in total. The van der Waals surface area contributed by atoms with E-state index >= 15 is 0 Å². The molecule has 0 spiro atoms. The van der Waals surface area contributed by atoms with Gasteiger partial charge in [0.1, 0.15) is 50.8 Å². The number of aliphatic hydroxyl groups is 8. The monoisotopic (exact) mass is 382 g/mol. The lowest BCUT2D eigenvalue weighted by atomic mass is 10.4. The molecule has 0 amide bonds. The third kappa shape index (κ3) is 23.5. The molecular weight excluding hydrogens is 352 g/mol. The summed E-state index contributed by atoms with van der Waals surface area (Å²) in [7, 11) is 0. The number of aliphatic hydroxyl groups excluding tert-OH is 8. The van der Waals surface area contributed by atoms with Crippen molar-refractivity contribution < 1.29 is 65.9 Å². The summed E-state index contributed by atoms with van der Waals surface area (Å²) < 4.78 is 0. The van der Waals surface area contributed by atoms with E-state index in [0.717, 1.165) is 0 Å². The van der Waals surface area contributed by atoms with Crippen LogP contribution in [0.2, 0.25) is 0 Å². The first kappa shape index (κ1) is 29.3. The molecule has 0 heterocycles. The highest BCUT2D eigenvalue weighted by molar-refractivity contribution is 4.49. The molecule has 156 valence electrons. The van der Waals surface area contributed by atoms with Crippen molar-refractivity contribution >= 4 is 0 Å². The molecule has 0 radical (unpaired) electrons. The molecule has 0 rings (SSSR count). The Morgan fingerprint density at radius 3 is 0.720 bits per heavy atom. The molecule has 0 saturated heterocycles. The van der Waals surface area contributed by atoms with Crippen LogP contribution in [0.4, 0.5) is 0 Å². The van der Waals surface area contributed by atoms with Crippen molar-refractivity contribution in [3.63, 3.8) is 0 Å². The first-order chi connectivity index (χ1) is 11.4. The number of hydrogen-bond donors (Lipinski definition) is 8. The molecule has 0 fully saturated rings. The van der Waals surface area contributed by atoms with Crippen LogP contribution in [0.5, 0.6) is 0 Å². The highest BCUT2D eigenvalue weighted by Crippen LogP contribution is 1.89. The lowest BCUT2D eigenvalue weighted by Crippen LogP contribution is -2.23. The maximum absolute atomic E-state index is 8.71. The minimum Gasteiger partial charge on any atom is -0.412 e. The van der Waals surface area contributed by atoms with Gasteiger partial charge in [0.2, 0.25) is 0 Å². The molecule has 4 unspecified atom stereocenters. The topological polar surface area (TPSA) is 230 Å². The smallest absolute Gasteiger partial charge is 0.110 e. The second kappa shape index (κ2) is 21.5. The lowest BCUT2D eigenvalue weighted by Gasteiger charge is -2.09. The van der Waals surface area contributed by atoms with Crippen LogP contribution >= 0.6 is 0 Å². The summed E-state index contributed by atoms with van der Waals surface area (Å²) in [6.07, 6.45) is -3.96. The molecule has 13 heteroatoms. The van der Waals surface area contributed by atoms with Crippen LogP contribution < -0.4 is 0 Å². The molecule has 0 bridgehead atoms. The van der Waals surface area contributed by atoms with Gasteiger partial charge >= 0.3 is 0 Å². The van der Waals surface area contributed by atoms with Gasteiger partial charge in [-0.15, -0.1) is 0 Å². The molecule has 0 aliphatic heterocycles. The van der Waals surface area contributed by atoms with Gasteiger partial charge in [0.15, 0.2) is 0 Å². The van der Waals surface area contributed by atoms with Crippen molar-refractivity contribution in [1.82, 2.24) is 0 Å². The predicted octanol–water partition coefficient (Wildman–Crippen LogP) is -5.54. The largest absolute Gasteiger partial charge is 0.412 e. The Bertz CT molecular complexity index is 197. The van der Waals surface area contributed by atoms with Crippen molar-refractivity contribution in [2.45, 2.75) is 24.4 Å². The zero-order valence-electron chi connectivity index (χ0n) is 13.7. The van der Waals surface area contributed by atoms with Crippen molar-refractivity contribution in [3.8, 4) is 0 Å². The van der Waals surface area contributed by atoms with Crippen LogP contribution in [0.25, 0.3) is 0 Å². The Labute approximate surface area is 144 Å². The van der Waals surface area contributed by atoms with E-state index in [0.29, 0.717) is 0 Å². The van der Waals surface area contributed by atoms with Crippen molar-refractivity contribution in [2.75, 3.05) is 52.9 Å². The molecule has 25 heavy (non-hydrogen) atoms. The van der Waals surface area contributed by atoms with E-state index in [1.807, 2.05) is 0 Å². The Hall–Kier alpha value is -0.520. The Kier molecular flexibility index (Phi) is 25.2. The first-order valence-electron chi connectivity index (χ1n) is 7.05. The van der Waals surface area contributed by atoms with Crippen molar-refractivity contribution in [2.24, 2.45) is 0 Å². The first-order valence-corrected chi connectivity index (χ1v) is 7.05. The van der Waals surface area contributed by atoms with Gasteiger partial charge in [-0.1, -0.05) is 0 Å². The van der Waals surface area contributed by atoms with E-state index in [1.54, 1.807) is 0 Å². The van der Waals surface area contributed by atoms with E-state index in [-0.39, 0.29) is 31.9 Å². The quantitative estimate of drug-likeness (QED) is 0.0798. The van der Waals surface area contributed by atoms with Crippen LogP contribution in [-0.2, 0) is 19.6 Å². The van der Waals surface area contributed by atoms with Crippen LogP contribution in [0.3, 0.4) is 0 Å². The van der Waals surface area contributed by atoms with Gasteiger partial charge in [0, 0.05) is 0 Å². The minimum atomic E-state index is -0.990. The summed E-state index contributed by atoms with van der Waals surface area (Å²) in [5.41, 5.74) is 0. The zero-order chi connectivity index (χ0) is 18.8. The zero-order valence-corrected chi connectivity index (χ0v) is 13.7. The average molecular weight is 382 g/mol. The van der Waals surface area contributed by atoms with Gasteiger partial charge in [0.25, 0.3) is 0 Å². The third-order valence-electron chi connectivity index (χ3n) is 2.05. The fourth-order valence-corrected chi connectivity index (χ4v) is 0.717. The van der Waals surface area contributed by atoms with Gasteiger partial charge in [-0.3, -0.25) is 0 Å². The summed E-state index contributed by atoms with van der Waals surface area (Å²) in [6, 6.07) is 0. The maximum atomic E-state index is 8.71. The maximum Gasteiger partial charge on any atom is 0.110 e. The average Bonchev–Trinajstić information content (AvgIpc) is 2.61. The van der Waals surface area contributed by atoms with E-state index < -0.39 is 50.8 Å². The van der Waals surface area contributed by atoms with E-state index in [9.17, 15) is 0 Å². The fraction of sp³-hybridized carbons (Fsp3) is 1.00. The van der Waals surface area contributed by atoms with Gasteiger partial charge in [-0.25, -0.2) is 19.6 Å². The van der Waals surface area contributed by atoms with E-state index in [1.165, 1.54) is 0 Å². The van der Waals surface area contributed by atoms with Crippen molar-refractivity contribution in [3.05, 3.63) is 0 Å². The second-order valence-electron chi connectivity index (χ2n) is 4.48. The van der Waals surface area contributed by atoms with Crippen LogP contribution in [-0.4, -0.2) is 124 Å². The molecule has 4 atom stereocenters. The Morgan fingerprint density at radius 2 is 0.600 bits per heavy atom. The van der Waals surface area contributed by atoms with E-state index in [4.69, 9.17) is 40.9 Å². The molecule has 0 aliphatic carbocycles. The lowest BCUT2D eigenvalue weighted by molar-refractivity contribution is -0.316. The summed E-state index contributed by atoms with van der Waals surface area (Å²) in [5, 5.41) is 68.1. The molecule has 0 saturated carbocycles. The molecule has 0 aromatic heterocycles. The highest BCUT2D eigenvalue weighted by Gasteiger charge is 2.05. The molecule has 13 nitrogen and oxygen atoms in total. The normalized spacial score (nSPS) is 15.4. The SMILES string of the molecule is O.OCC(O)COOCC(O)CO.OCC(O)COOCC(O)CO. The fourth-order valence-electron chi connectivity index (χ4n) is 0.717. The summed E-state index contributed by atoms with van der Waals surface area (Å²) >= 11 is 0. The summed E-state index contributed by atoms with van der Waals surface area (Å²) in [4.78, 5) is 17.5. The molecule has 0 aromatic carbocycles. The van der Waals surface area contributed by atoms with Gasteiger partial charge in [-0.05, 0) is 0 Å².